The first-order valence-electron chi connectivity index (χ1n) is 6.33. The molecule has 92 valence electrons. The second kappa shape index (κ2) is 4.52. The SMILES string of the molecule is CC(C)(C)[C@H]1CCN(C(=O)c2ccccc2)C1. The maximum absolute atomic E-state index is 12.2. The summed E-state index contributed by atoms with van der Waals surface area (Å²) in [5, 5.41) is 0. The van der Waals surface area contributed by atoms with Gasteiger partial charge in [-0.1, -0.05) is 39.0 Å². The van der Waals surface area contributed by atoms with E-state index in [9.17, 15) is 4.79 Å². The van der Waals surface area contributed by atoms with Gasteiger partial charge in [0.05, 0.1) is 0 Å². The van der Waals surface area contributed by atoms with E-state index < -0.39 is 0 Å². The van der Waals surface area contributed by atoms with Gasteiger partial charge in [-0.25, -0.2) is 0 Å². The molecule has 1 aromatic rings. The Morgan fingerprint density at radius 1 is 1.24 bits per heavy atom. The van der Waals surface area contributed by atoms with Crippen LogP contribution in [0.4, 0.5) is 0 Å². The van der Waals surface area contributed by atoms with E-state index in [1.54, 1.807) is 0 Å². The standard InChI is InChI=1S/C15H21NO/c1-15(2,3)13-9-10-16(11-13)14(17)12-7-5-4-6-8-12/h4-8,13H,9-11H2,1-3H3/t13-/m0/s1. The van der Waals surface area contributed by atoms with Crippen LogP contribution in [0.3, 0.4) is 0 Å². The molecule has 0 unspecified atom stereocenters. The molecule has 0 spiro atoms. The van der Waals surface area contributed by atoms with Gasteiger partial charge in [-0.05, 0) is 29.9 Å². The van der Waals surface area contributed by atoms with Gasteiger partial charge in [0.1, 0.15) is 0 Å². The maximum atomic E-state index is 12.2. The highest BCUT2D eigenvalue weighted by Crippen LogP contribution is 2.33. The van der Waals surface area contributed by atoms with Crippen molar-refractivity contribution in [2.75, 3.05) is 13.1 Å². The third-order valence-corrected chi connectivity index (χ3v) is 3.72. The molecule has 0 radical (unpaired) electrons. The molecule has 0 aliphatic carbocycles. The highest BCUT2D eigenvalue weighted by atomic mass is 16.2. The van der Waals surface area contributed by atoms with E-state index in [0.29, 0.717) is 11.3 Å². The zero-order valence-electron chi connectivity index (χ0n) is 10.9. The Balaban J connectivity index is 2.05. The third-order valence-electron chi connectivity index (χ3n) is 3.72. The summed E-state index contributed by atoms with van der Waals surface area (Å²) in [6.07, 6.45) is 1.13. The summed E-state index contributed by atoms with van der Waals surface area (Å²) in [5.74, 6) is 0.799. The summed E-state index contributed by atoms with van der Waals surface area (Å²) >= 11 is 0. The number of benzene rings is 1. The smallest absolute Gasteiger partial charge is 0.253 e. The minimum Gasteiger partial charge on any atom is -0.338 e. The largest absolute Gasteiger partial charge is 0.338 e. The lowest BCUT2D eigenvalue weighted by Crippen LogP contribution is -2.31. The Hall–Kier alpha value is -1.31. The lowest BCUT2D eigenvalue weighted by molar-refractivity contribution is 0.0776. The van der Waals surface area contributed by atoms with Crippen LogP contribution in [0, 0.1) is 11.3 Å². The number of likely N-dealkylation sites (tertiary alicyclic amines) is 1. The number of amides is 1. The molecule has 1 atom stereocenters. The number of carbonyl (C=O) groups excluding carboxylic acids is 1. The average Bonchev–Trinajstić information content (AvgIpc) is 2.78. The molecular weight excluding hydrogens is 210 g/mol. The van der Waals surface area contributed by atoms with Crippen LogP contribution in [0.2, 0.25) is 0 Å². The lowest BCUT2D eigenvalue weighted by Gasteiger charge is -2.27. The van der Waals surface area contributed by atoms with Crippen LogP contribution >= 0.6 is 0 Å². The van der Waals surface area contributed by atoms with Crippen LogP contribution in [0.15, 0.2) is 30.3 Å². The Morgan fingerprint density at radius 2 is 1.88 bits per heavy atom. The molecule has 1 saturated heterocycles. The first kappa shape index (κ1) is 12.2. The third kappa shape index (κ3) is 2.68. The first-order valence-corrected chi connectivity index (χ1v) is 6.33. The molecular formula is C15H21NO. The Labute approximate surface area is 104 Å². The Morgan fingerprint density at radius 3 is 2.41 bits per heavy atom. The number of rotatable bonds is 1. The quantitative estimate of drug-likeness (QED) is 0.727. The summed E-state index contributed by atoms with van der Waals surface area (Å²) in [6.45, 7) is 8.57. The summed E-state index contributed by atoms with van der Waals surface area (Å²) in [5.41, 5.74) is 1.10. The van der Waals surface area contributed by atoms with Crippen molar-refractivity contribution in [3.63, 3.8) is 0 Å². The van der Waals surface area contributed by atoms with Crippen molar-refractivity contribution in [1.82, 2.24) is 4.90 Å². The molecule has 1 heterocycles. The van der Waals surface area contributed by atoms with Crippen LogP contribution in [0.25, 0.3) is 0 Å². The summed E-state index contributed by atoms with van der Waals surface area (Å²) in [6, 6.07) is 9.58. The maximum Gasteiger partial charge on any atom is 0.253 e. The van der Waals surface area contributed by atoms with Crippen LogP contribution in [0.5, 0.6) is 0 Å². The molecule has 1 aromatic carbocycles. The van der Waals surface area contributed by atoms with Crippen molar-refractivity contribution >= 4 is 5.91 Å². The average molecular weight is 231 g/mol. The van der Waals surface area contributed by atoms with Crippen LogP contribution in [-0.4, -0.2) is 23.9 Å². The van der Waals surface area contributed by atoms with Crippen molar-refractivity contribution in [2.45, 2.75) is 27.2 Å². The van der Waals surface area contributed by atoms with Crippen LogP contribution in [0.1, 0.15) is 37.6 Å². The molecule has 0 saturated carbocycles. The van der Waals surface area contributed by atoms with Gasteiger partial charge in [0.15, 0.2) is 0 Å². The molecule has 1 amide bonds. The molecule has 0 N–H and O–H groups in total. The van der Waals surface area contributed by atoms with E-state index >= 15 is 0 Å². The summed E-state index contributed by atoms with van der Waals surface area (Å²) < 4.78 is 0. The van der Waals surface area contributed by atoms with E-state index in [4.69, 9.17) is 0 Å². The number of hydrogen-bond donors (Lipinski definition) is 0. The summed E-state index contributed by atoms with van der Waals surface area (Å²) in [4.78, 5) is 14.2. The van der Waals surface area contributed by atoms with Crippen molar-refractivity contribution in [1.29, 1.82) is 0 Å². The van der Waals surface area contributed by atoms with Crippen molar-refractivity contribution in [3.8, 4) is 0 Å². The Bertz CT molecular complexity index is 391. The van der Waals surface area contributed by atoms with Crippen molar-refractivity contribution in [2.24, 2.45) is 11.3 Å². The van der Waals surface area contributed by atoms with E-state index in [1.165, 1.54) is 0 Å². The fourth-order valence-corrected chi connectivity index (χ4v) is 2.41. The minimum atomic E-state index is 0.178. The number of nitrogens with zero attached hydrogens (tertiary/aromatic N) is 1. The van der Waals surface area contributed by atoms with Gasteiger partial charge < -0.3 is 4.90 Å². The van der Waals surface area contributed by atoms with E-state index in [2.05, 4.69) is 20.8 Å². The predicted octanol–water partition coefficient (Wildman–Crippen LogP) is 3.19. The van der Waals surface area contributed by atoms with Gasteiger partial charge in [0, 0.05) is 18.7 Å². The van der Waals surface area contributed by atoms with Gasteiger partial charge in [0.25, 0.3) is 5.91 Å². The van der Waals surface area contributed by atoms with Gasteiger partial charge in [-0.15, -0.1) is 0 Å². The summed E-state index contributed by atoms with van der Waals surface area (Å²) in [7, 11) is 0. The normalized spacial score (nSPS) is 20.6. The molecule has 1 aliphatic rings. The predicted molar refractivity (Wildman–Crippen MR) is 69.9 cm³/mol. The molecule has 1 fully saturated rings. The van der Waals surface area contributed by atoms with Crippen molar-refractivity contribution in [3.05, 3.63) is 35.9 Å². The van der Waals surface area contributed by atoms with Gasteiger partial charge >= 0.3 is 0 Å². The number of carbonyl (C=O) groups is 1. The van der Waals surface area contributed by atoms with Gasteiger partial charge in [-0.2, -0.15) is 0 Å². The highest BCUT2D eigenvalue weighted by Gasteiger charge is 2.33. The van der Waals surface area contributed by atoms with E-state index in [0.717, 1.165) is 25.1 Å². The number of hydrogen-bond acceptors (Lipinski definition) is 1. The van der Waals surface area contributed by atoms with Gasteiger partial charge in [0.2, 0.25) is 0 Å². The monoisotopic (exact) mass is 231 g/mol. The zero-order valence-corrected chi connectivity index (χ0v) is 10.9. The molecule has 2 nitrogen and oxygen atoms in total. The lowest BCUT2D eigenvalue weighted by atomic mass is 9.80. The van der Waals surface area contributed by atoms with E-state index in [1.807, 2.05) is 35.2 Å². The van der Waals surface area contributed by atoms with Gasteiger partial charge in [-0.3, -0.25) is 4.79 Å². The van der Waals surface area contributed by atoms with Crippen molar-refractivity contribution < 1.29 is 4.79 Å². The fourth-order valence-electron chi connectivity index (χ4n) is 2.41. The minimum absolute atomic E-state index is 0.178. The zero-order chi connectivity index (χ0) is 12.5. The molecule has 2 rings (SSSR count). The first-order chi connectivity index (χ1) is 7.98. The molecule has 1 aliphatic heterocycles. The second-order valence-electron chi connectivity index (χ2n) is 5.97. The fraction of sp³-hybridized carbons (Fsp3) is 0.533. The van der Waals surface area contributed by atoms with Crippen LogP contribution in [-0.2, 0) is 0 Å². The Kier molecular flexibility index (Phi) is 3.23. The molecule has 17 heavy (non-hydrogen) atoms. The molecule has 0 bridgehead atoms. The topological polar surface area (TPSA) is 20.3 Å². The highest BCUT2D eigenvalue weighted by molar-refractivity contribution is 5.94. The van der Waals surface area contributed by atoms with Crippen LogP contribution < -0.4 is 0 Å². The molecule has 2 heteroatoms. The second-order valence-corrected chi connectivity index (χ2v) is 5.97. The van der Waals surface area contributed by atoms with E-state index in [-0.39, 0.29) is 5.91 Å². The molecule has 0 aromatic heterocycles.